The summed E-state index contributed by atoms with van der Waals surface area (Å²) in [5, 5.41) is 4.05. The van der Waals surface area contributed by atoms with Gasteiger partial charge >= 0.3 is 0 Å². The Bertz CT molecular complexity index is 456. The molecule has 0 bridgehead atoms. The molecule has 0 unspecified atom stereocenters. The van der Waals surface area contributed by atoms with Gasteiger partial charge in [0.25, 0.3) is 0 Å². The molecule has 1 aromatic heterocycles. The first-order valence-corrected chi connectivity index (χ1v) is 5.39. The molecular formula is C12H16N4. The maximum absolute atomic E-state index is 5.45. The Balaban J connectivity index is 2.11. The molecular weight excluding hydrogens is 200 g/mol. The standard InChI is InChI=1S/C12H16N4/c1-9(2)11-5-3-10(4-6-11)7-16-8-14-12(13)15-16/h3-6,8-9H,7H2,1-2H3,(H2,13,15). The number of nitrogens with zero attached hydrogens (tertiary/aromatic N) is 3. The second kappa shape index (κ2) is 4.35. The van der Waals surface area contributed by atoms with E-state index in [1.54, 1.807) is 11.0 Å². The van der Waals surface area contributed by atoms with Crippen LogP contribution in [0.2, 0.25) is 0 Å². The molecule has 4 nitrogen and oxygen atoms in total. The van der Waals surface area contributed by atoms with E-state index >= 15 is 0 Å². The SMILES string of the molecule is CC(C)c1ccc(Cn2cnc(N)n2)cc1. The molecule has 0 aliphatic heterocycles. The van der Waals surface area contributed by atoms with Crippen LogP contribution in [-0.4, -0.2) is 14.8 Å². The van der Waals surface area contributed by atoms with Gasteiger partial charge in [-0.1, -0.05) is 38.1 Å². The minimum absolute atomic E-state index is 0.318. The van der Waals surface area contributed by atoms with Crippen LogP contribution in [0.1, 0.15) is 30.9 Å². The smallest absolute Gasteiger partial charge is 0.239 e. The summed E-state index contributed by atoms with van der Waals surface area (Å²) in [7, 11) is 0. The van der Waals surface area contributed by atoms with Gasteiger partial charge in [0, 0.05) is 0 Å². The molecule has 1 heterocycles. The average molecular weight is 216 g/mol. The molecule has 0 aliphatic rings. The Morgan fingerprint density at radius 1 is 1.25 bits per heavy atom. The van der Waals surface area contributed by atoms with Crippen LogP contribution in [0.5, 0.6) is 0 Å². The van der Waals surface area contributed by atoms with Gasteiger partial charge in [-0.25, -0.2) is 9.67 Å². The zero-order chi connectivity index (χ0) is 11.5. The fraction of sp³-hybridized carbons (Fsp3) is 0.333. The van der Waals surface area contributed by atoms with E-state index in [2.05, 4.69) is 48.2 Å². The van der Waals surface area contributed by atoms with Crippen LogP contribution in [0.15, 0.2) is 30.6 Å². The summed E-state index contributed by atoms with van der Waals surface area (Å²) < 4.78 is 1.74. The van der Waals surface area contributed by atoms with Crippen LogP contribution in [0, 0.1) is 0 Å². The minimum atomic E-state index is 0.318. The van der Waals surface area contributed by atoms with Gasteiger partial charge < -0.3 is 5.73 Å². The highest BCUT2D eigenvalue weighted by Gasteiger charge is 2.00. The lowest BCUT2D eigenvalue weighted by molar-refractivity contribution is 0.687. The van der Waals surface area contributed by atoms with Crippen molar-refractivity contribution in [2.24, 2.45) is 0 Å². The van der Waals surface area contributed by atoms with Crippen LogP contribution in [0.3, 0.4) is 0 Å². The van der Waals surface area contributed by atoms with Gasteiger partial charge in [-0.05, 0) is 17.0 Å². The third kappa shape index (κ3) is 2.39. The molecule has 0 saturated carbocycles. The van der Waals surface area contributed by atoms with Crippen molar-refractivity contribution in [2.75, 3.05) is 5.73 Å². The Morgan fingerprint density at radius 2 is 1.94 bits per heavy atom. The van der Waals surface area contributed by atoms with Gasteiger partial charge in [0.1, 0.15) is 6.33 Å². The third-order valence-electron chi connectivity index (χ3n) is 2.55. The number of hydrogen-bond acceptors (Lipinski definition) is 3. The van der Waals surface area contributed by atoms with E-state index in [4.69, 9.17) is 5.73 Å². The molecule has 0 radical (unpaired) electrons. The van der Waals surface area contributed by atoms with Crippen molar-refractivity contribution < 1.29 is 0 Å². The van der Waals surface area contributed by atoms with Crippen molar-refractivity contribution in [2.45, 2.75) is 26.3 Å². The Hall–Kier alpha value is -1.84. The Morgan fingerprint density at radius 3 is 2.44 bits per heavy atom. The molecule has 84 valence electrons. The maximum atomic E-state index is 5.45. The van der Waals surface area contributed by atoms with Gasteiger partial charge in [0.2, 0.25) is 5.95 Å². The molecule has 0 spiro atoms. The molecule has 0 aliphatic carbocycles. The Labute approximate surface area is 95.1 Å². The van der Waals surface area contributed by atoms with E-state index in [1.807, 2.05) is 0 Å². The topological polar surface area (TPSA) is 56.7 Å². The lowest BCUT2D eigenvalue weighted by Crippen LogP contribution is -2.01. The second-order valence-corrected chi connectivity index (χ2v) is 4.20. The molecule has 0 fully saturated rings. The lowest BCUT2D eigenvalue weighted by Gasteiger charge is -2.06. The highest BCUT2D eigenvalue weighted by atomic mass is 15.3. The highest BCUT2D eigenvalue weighted by molar-refractivity contribution is 5.24. The van der Waals surface area contributed by atoms with Crippen molar-refractivity contribution in [3.05, 3.63) is 41.7 Å². The first kappa shape index (κ1) is 10.7. The largest absolute Gasteiger partial charge is 0.367 e. The molecule has 4 heteroatoms. The van der Waals surface area contributed by atoms with Gasteiger partial charge in [-0.15, -0.1) is 5.10 Å². The summed E-state index contributed by atoms with van der Waals surface area (Å²) in [6.45, 7) is 5.09. The van der Waals surface area contributed by atoms with Crippen molar-refractivity contribution in [3.8, 4) is 0 Å². The fourth-order valence-corrected chi connectivity index (χ4v) is 1.58. The van der Waals surface area contributed by atoms with Crippen molar-refractivity contribution >= 4 is 5.95 Å². The number of aromatic nitrogens is 3. The van der Waals surface area contributed by atoms with E-state index in [9.17, 15) is 0 Å². The maximum Gasteiger partial charge on any atom is 0.239 e. The molecule has 2 aromatic rings. The van der Waals surface area contributed by atoms with Crippen LogP contribution < -0.4 is 5.73 Å². The number of anilines is 1. The second-order valence-electron chi connectivity index (χ2n) is 4.20. The first-order valence-electron chi connectivity index (χ1n) is 5.39. The zero-order valence-corrected chi connectivity index (χ0v) is 9.59. The highest BCUT2D eigenvalue weighted by Crippen LogP contribution is 2.15. The van der Waals surface area contributed by atoms with Gasteiger partial charge in [0.05, 0.1) is 6.54 Å². The first-order chi connectivity index (χ1) is 7.65. The number of benzene rings is 1. The molecule has 2 N–H and O–H groups in total. The molecule has 0 atom stereocenters. The predicted molar refractivity (Wildman–Crippen MR) is 64.1 cm³/mol. The number of hydrogen-bond donors (Lipinski definition) is 1. The van der Waals surface area contributed by atoms with E-state index < -0.39 is 0 Å². The molecule has 2 rings (SSSR count). The Kier molecular flexibility index (Phi) is 2.90. The minimum Gasteiger partial charge on any atom is -0.367 e. The number of nitrogens with two attached hydrogens (primary N) is 1. The quantitative estimate of drug-likeness (QED) is 0.854. The average Bonchev–Trinajstić information content (AvgIpc) is 2.65. The van der Waals surface area contributed by atoms with Crippen LogP contribution in [-0.2, 0) is 6.54 Å². The monoisotopic (exact) mass is 216 g/mol. The molecule has 16 heavy (non-hydrogen) atoms. The van der Waals surface area contributed by atoms with Crippen molar-refractivity contribution in [3.63, 3.8) is 0 Å². The summed E-state index contributed by atoms with van der Waals surface area (Å²) in [4.78, 5) is 3.89. The van der Waals surface area contributed by atoms with E-state index in [1.165, 1.54) is 11.1 Å². The predicted octanol–water partition coefficient (Wildman–Crippen LogP) is 2.03. The summed E-state index contributed by atoms with van der Waals surface area (Å²) in [6, 6.07) is 8.54. The van der Waals surface area contributed by atoms with Gasteiger partial charge in [-0.3, -0.25) is 0 Å². The summed E-state index contributed by atoms with van der Waals surface area (Å²) in [5.74, 6) is 0.884. The fourth-order valence-electron chi connectivity index (χ4n) is 1.58. The van der Waals surface area contributed by atoms with Crippen LogP contribution in [0.4, 0.5) is 5.95 Å². The molecule has 0 saturated heterocycles. The van der Waals surface area contributed by atoms with E-state index in [-0.39, 0.29) is 0 Å². The van der Waals surface area contributed by atoms with Crippen LogP contribution in [0.25, 0.3) is 0 Å². The van der Waals surface area contributed by atoms with Gasteiger partial charge in [-0.2, -0.15) is 0 Å². The van der Waals surface area contributed by atoms with E-state index in [0.717, 1.165) is 0 Å². The number of nitrogen functional groups attached to an aromatic ring is 1. The van der Waals surface area contributed by atoms with Crippen molar-refractivity contribution in [1.29, 1.82) is 0 Å². The van der Waals surface area contributed by atoms with Crippen molar-refractivity contribution in [1.82, 2.24) is 14.8 Å². The van der Waals surface area contributed by atoms with Crippen LogP contribution >= 0.6 is 0 Å². The lowest BCUT2D eigenvalue weighted by atomic mass is 10.0. The summed E-state index contributed by atoms with van der Waals surface area (Å²) in [6.07, 6.45) is 1.64. The number of rotatable bonds is 3. The molecule has 1 aromatic carbocycles. The third-order valence-corrected chi connectivity index (χ3v) is 2.55. The summed E-state index contributed by atoms with van der Waals surface area (Å²) >= 11 is 0. The molecule has 0 amide bonds. The van der Waals surface area contributed by atoms with E-state index in [0.29, 0.717) is 18.4 Å². The normalized spacial score (nSPS) is 10.9. The summed E-state index contributed by atoms with van der Waals surface area (Å²) in [5.41, 5.74) is 8.01. The van der Waals surface area contributed by atoms with Gasteiger partial charge in [0.15, 0.2) is 0 Å². The zero-order valence-electron chi connectivity index (χ0n) is 9.59.